The molecular formula is C14H26IN3OS. The van der Waals surface area contributed by atoms with E-state index in [9.17, 15) is 0 Å². The van der Waals surface area contributed by atoms with E-state index < -0.39 is 0 Å². The number of thiophene rings is 1. The van der Waals surface area contributed by atoms with Gasteiger partial charge in [0.25, 0.3) is 0 Å². The predicted molar refractivity (Wildman–Crippen MR) is 98.5 cm³/mol. The number of ether oxygens (including phenoxy) is 1. The molecule has 1 heterocycles. The second kappa shape index (κ2) is 13.6. The van der Waals surface area contributed by atoms with Crippen LogP contribution in [-0.2, 0) is 11.2 Å². The minimum atomic E-state index is 0. The zero-order chi connectivity index (χ0) is 13.8. The van der Waals surface area contributed by atoms with Gasteiger partial charge in [-0.15, -0.1) is 35.3 Å². The van der Waals surface area contributed by atoms with Gasteiger partial charge in [0.05, 0.1) is 0 Å². The Labute approximate surface area is 143 Å². The number of hydrogen-bond donors (Lipinski definition) is 2. The molecule has 0 bridgehead atoms. The standard InChI is InChI=1S/C14H25N3OS.HI/c1-15-14(16-9-4-3-5-11-18-2)17-10-8-13-7-6-12-19-13;/h6-7,12H,3-5,8-11H2,1-2H3,(H2,15,16,17);1H. The van der Waals surface area contributed by atoms with Crippen LogP contribution in [0.1, 0.15) is 24.1 Å². The summed E-state index contributed by atoms with van der Waals surface area (Å²) in [4.78, 5) is 5.62. The van der Waals surface area contributed by atoms with Gasteiger partial charge in [-0.2, -0.15) is 0 Å². The Hall–Kier alpha value is -0.340. The fourth-order valence-electron chi connectivity index (χ4n) is 1.73. The fourth-order valence-corrected chi connectivity index (χ4v) is 2.44. The summed E-state index contributed by atoms with van der Waals surface area (Å²) >= 11 is 1.80. The number of guanidine groups is 1. The number of nitrogens with zero attached hydrogens (tertiary/aromatic N) is 1. The van der Waals surface area contributed by atoms with Crippen molar-refractivity contribution in [1.82, 2.24) is 10.6 Å². The van der Waals surface area contributed by atoms with E-state index in [2.05, 4.69) is 33.1 Å². The topological polar surface area (TPSA) is 45.7 Å². The molecule has 0 aromatic carbocycles. The van der Waals surface area contributed by atoms with Crippen LogP contribution in [0, 0.1) is 0 Å². The van der Waals surface area contributed by atoms with Crippen molar-refractivity contribution in [2.24, 2.45) is 4.99 Å². The van der Waals surface area contributed by atoms with Crippen LogP contribution in [0.15, 0.2) is 22.5 Å². The van der Waals surface area contributed by atoms with Crippen molar-refractivity contribution >= 4 is 41.3 Å². The maximum Gasteiger partial charge on any atom is 0.190 e. The molecule has 116 valence electrons. The fraction of sp³-hybridized carbons (Fsp3) is 0.643. The van der Waals surface area contributed by atoms with E-state index in [1.807, 2.05) is 7.05 Å². The van der Waals surface area contributed by atoms with Crippen LogP contribution in [0.25, 0.3) is 0 Å². The third-order valence-corrected chi connectivity index (χ3v) is 3.72. The molecule has 6 heteroatoms. The molecule has 0 unspecified atom stereocenters. The molecule has 0 aliphatic rings. The molecule has 1 aromatic rings. The van der Waals surface area contributed by atoms with E-state index >= 15 is 0 Å². The number of hydrogen-bond acceptors (Lipinski definition) is 3. The molecular weight excluding hydrogens is 385 g/mol. The van der Waals surface area contributed by atoms with Crippen LogP contribution < -0.4 is 10.6 Å². The van der Waals surface area contributed by atoms with Crippen molar-refractivity contribution < 1.29 is 4.74 Å². The molecule has 0 amide bonds. The Morgan fingerprint density at radius 1 is 1.25 bits per heavy atom. The number of aliphatic imine (C=N–C) groups is 1. The third-order valence-electron chi connectivity index (χ3n) is 2.79. The normalized spacial score (nSPS) is 11.0. The van der Waals surface area contributed by atoms with Gasteiger partial charge >= 0.3 is 0 Å². The number of methoxy groups -OCH3 is 1. The van der Waals surface area contributed by atoms with Crippen molar-refractivity contribution in [2.45, 2.75) is 25.7 Å². The monoisotopic (exact) mass is 411 g/mol. The van der Waals surface area contributed by atoms with Crippen LogP contribution in [0.5, 0.6) is 0 Å². The zero-order valence-electron chi connectivity index (χ0n) is 12.4. The second-order valence-corrected chi connectivity index (χ2v) is 5.34. The van der Waals surface area contributed by atoms with Crippen LogP contribution in [-0.4, -0.2) is 39.8 Å². The van der Waals surface area contributed by atoms with E-state index in [-0.39, 0.29) is 24.0 Å². The Bertz CT molecular complexity index is 344. The highest BCUT2D eigenvalue weighted by atomic mass is 127. The highest BCUT2D eigenvalue weighted by Gasteiger charge is 1.98. The summed E-state index contributed by atoms with van der Waals surface area (Å²) in [6.45, 7) is 2.74. The quantitative estimate of drug-likeness (QED) is 0.284. The Kier molecular flexibility index (Phi) is 13.4. The van der Waals surface area contributed by atoms with E-state index in [1.165, 1.54) is 11.3 Å². The number of nitrogens with one attached hydrogen (secondary N) is 2. The first-order chi connectivity index (χ1) is 9.36. The molecule has 0 saturated heterocycles. The predicted octanol–water partition coefficient (Wildman–Crippen LogP) is 2.89. The summed E-state index contributed by atoms with van der Waals surface area (Å²) in [5, 5.41) is 8.77. The molecule has 0 aliphatic carbocycles. The summed E-state index contributed by atoms with van der Waals surface area (Å²) < 4.78 is 5.02. The van der Waals surface area contributed by atoms with Gasteiger partial charge in [0.15, 0.2) is 5.96 Å². The first kappa shape index (κ1) is 19.7. The minimum absolute atomic E-state index is 0. The van der Waals surface area contributed by atoms with Gasteiger partial charge < -0.3 is 15.4 Å². The number of rotatable bonds is 9. The Balaban J connectivity index is 0.00000361. The molecule has 20 heavy (non-hydrogen) atoms. The molecule has 2 N–H and O–H groups in total. The van der Waals surface area contributed by atoms with Crippen LogP contribution in [0.3, 0.4) is 0 Å². The molecule has 1 rings (SSSR count). The molecule has 0 fully saturated rings. The van der Waals surface area contributed by atoms with Crippen molar-refractivity contribution in [1.29, 1.82) is 0 Å². The molecule has 0 radical (unpaired) electrons. The van der Waals surface area contributed by atoms with Gasteiger partial charge in [-0.25, -0.2) is 0 Å². The summed E-state index contributed by atoms with van der Waals surface area (Å²) in [6, 6.07) is 4.26. The average molecular weight is 411 g/mol. The van der Waals surface area contributed by atoms with E-state index in [1.54, 1.807) is 18.4 Å². The summed E-state index contributed by atoms with van der Waals surface area (Å²) in [6.07, 6.45) is 4.51. The third kappa shape index (κ3) is 9.55. The molecule has 0 spiro atoms. The molecule has 0 saturated carbocycles. The Morgan fingerprint density at radius 2 is 2.05 bits per heavy atom. The van der Waals surface area contributed by atoms with E-state index in [4.69, 9.17) is 4.74 Å². The summed E-state index contributed by atoms with van der Waals surface area (Å²) in [7, 11) is 3.56. The molecule has 1 aromatic heterocycles. The first-order valence-corrected chi connectivity index (χ1v) is 7.70. The lowest BCUT2D eigenvalue weighted by Crippen LogP contribution is -2.38. The largest absolute Gasteiger partial charge is 0.385 e. The van der Waals surface area contributed by atoms with E-state index in [0.717, 1.165) is 44.9 Å². The summed E-state index contributed by atoms with van der Waals surface area (Å²) in [5.41, 5.74) is 0. The van der Waals surface area contributed by atoms with Gasteiger partial charge in [-0.3, -0.25) is 4.99 Å². The van der Waals surface area contributed by atoms with Gasteiger partial charge in [0.2, 0.25) is 0 Å². The molecule has 0 atom stereocenters. The van der Waals surface area contributed by atoms with Crippen molar-refractivity contribution in [3.05, 3.63) is 22.4 Å². The molecule has 0 aliphatic heterocycles. The van der Waals surface area contributed by atoms with E-state index in [0.29, 0.717) is 0 Å². The number of halogens is 1. The Morgan fingerprint density at radius 3 is 2.70 bits per heavy atom. The number of unbranched alkanes of at least 4 members (excludes halogenated alkanes) is 2. The lowest BCUT2D eigenvalue weighted by atomic mass is 10.2. The molecule has 4 nitrogen and oxygen atoms in total. The van der Waals surface area contributed by atoms with Gasteiger partial charge in [-0.1, -0.05) is 6.07 Å². The van der Waals surface area contributed by atoms with Crippen LogP contribution in [0.2, 0.25) is 0 Å². The average Bonchev–Trinajstić information content (AvgIpc) is 2.93. The minimum Gasteiger partial charge on any atom is -0.385 e. The van der Waals surface area contributed by atoms with Crippen molar-refractivity contribution in [3.8, 4) is 0 Å². The van der Waals surface area contributed by atoms with Gasteiger partial charge in [0, 0.05) is 38.7 Å². The summed E-state index contributed by atoms with van der Waals surface area (Å²) in [5.74, 6) is 0.892. The van der Waals surface area contributed by atoms with Crippen molar-refractivity contribution in [3.63, 3.8) is 0 Å². The first-order valence-electron chi connectivity index (χ1n) is 6.82. The van der Waals surface area contributed by atoms with Crippen LogP contribution in [0.4, 0.5) is 0 Å². The van der Waals surface area contributed by atoms with Crippen molar-refractivity contribution in [2.75, 3.05) is 33.9 Å². The smallest absolute Gasteiger partial charge is 0.190 e. The highest BCUT2D eigenvalue weighted by Crippen LogP contribution is 2.07. The van der Waals surface area contributed by atoms with Gasteiger partial charge in [0.1, 0.15) is 0 Å². The van der Waals surface area contributed by atoms with Crippen LogP contribution >= 0.6 is 35.3 Å². The SMILES string of the molecule is CN=C(NCCCCCOC)NCCc1cccs1.I. The highest BCUT2D eigenvalue weighted by molar-refractivity contribution is 14.0. The maximum absolute atomic E-state index is 5.02. The maximum atomic E-state index is 5.02. The van der Waals surface area contributed by atoms with Gasteiger partial charge in [-0.05, 0) is 37.1 Å². The zero-order valence-corrected chi connectivity index (χ0v) is 15.5. The lowest BCUT2D eigenvalue weighted by molar-refractivity contribution is 0.192. The second-order valence-electron chi connectivity index (χ2n) is 4.31. The lowest BCUT2D eigenvalue weighted by Gasteiger charge is -2.11.